The molecule has 2 aliphatic rings. The smallest absolute Gasteiger partial charge is 0.268 e. The largest absolute Gasteiger partial charge is 0.345 e. The maximum Gasteiger partial charge on any atom is 0.268 e. The quantitative estimate of drug-likeness (QED) is 0.612. The van der Waals surface area contributed by atoms with Gasteiger partial charge >= 0.3 is 0 Å². The number of benzene rings is 2. The Hall–Kier alpha value is -3.10. The van der Waals surface area contributed by atoms with Gasteiger partial charge in [-0.1, -0.05) is 43.5 Å². The number of aryl methyl sites for hydroxylation is 1. The summed E-state index contributed by atoms with van der Waals surface area (Å²) in [5, 5.41) is 13.9. The predicted octanol–water partition coefficient (Wildman–Crippen LogP) is 4.93. The SMILES string of the molecule is Cn1c(C(=O)NC2(CCN3CCc4ccc(C#N)cc4C3)CCCCC2)cc2ccccc21. The monoisotopic (exact) mass is 440 g/mol. The zero-order valence-corrected chi connectivity index (χ0v) is 19.4. The molecule has 0 atom stereocenters. The van der Waals surface area contributed by atoms with Gasteiger partial charge in [0.05, 0.1) is 11.6 Å². The molecule has 5 nitrogen and oxygen atoms in total. The summed E-state index contributed by atoms with van der Waals surface area (Å²) in [6.07, 6.45) is 7.68. The van der Waals surface area contributed by atoms with E-state index in [9.17, 15) is 10.1 Å². The van der Waals surface area contributed by atoms with E-state index in [4.69, 9.17) is 0 Å². The molecule has 1 fully saturated rings. The Bertz CT molecular complexity index is 1210. The fourth-order valence-corrected chi connectivity index (χ4v) is 5.73. The molecule has 1 aliphatic carbocycles. The van der Waals surface area contributed by atoms with Gasteiger partial charge in [0.15, 0.2) is 0 Å². The van der Waals surface area contributed by atoms with Crippen LogP contribution in [0.25, 0.3) is 10.9 Å². The van der Waals surface area contributed by atoms with Gasteiger partial charge in [0.25, 0.3) is 5.91 Å². The summed E-state index contributed by atoms with van der Waals surface area (Å²) in [7, 11) is 1.98. The van der Waals surface area contributed by atoms with E-state index in [1.54, 1.807) is 0 Å². The van der Waals surface area contributed by atoms with Gasteiger partial charge in [0.2, 0.25) is 0 Å². The minimum absolute atomic E-state index is 0.0400. The molecule has 1 amide bonds. The predicted molar refractivity (Wildman–Crippen MR) is 131 cm³/mol. The van der Waals surface area contributed by atoms with Crippen LogP contribution in [0.3, 0.4) is 0 Å². The number of nitrogens with one attached hydrogen (secondary N) is 1. The van der Waals surface area contributed by atoms with Crippen molar-refractivity contribution in [3.05, 3.63) is 70.9 Å². The third-order valence-electron chi connectivity index (χ3n) is 7.71. The number of aromatic nitrogens is 1. The van der Waals surface area contributed by atoms with Crippen molar-refractivity contribution in [2.75, 3.05) is 13.1 Å². The molecule has 0 saturated heterocycles. The van der Waals surface area contributed by atoms with Crippen LogP contribution in [0.2, 0.25) is 0 Å². The average molecular weight is 441 g/mol. The number of fused-ring (bicyclic) bond motifs is 2. The number of carbonyl (C=O) groups is 1. The first-order valence-corrected chi connectivity index (χ1v) is 12.2. The molecule has 1 aromatic heterocycles. The molecule has 2 heterocycles. The molecule has 0 bridgehead atoms. The lowest BCUT2D eigenvalue weighted by atomic mass is 9.79. The molecule has 3 aromatic rings. The molecule has 5 rings (SSSR count). The van der Waals surface area contributed by atoms with E-state index in [0.717, 1.165) is 67.5 Å². The Labute approximate surface area is 196 Å². The number of hydrogen-bond donors (Lipinski definition) is 1. The van der Waals surface area contributed by atoms with Crippen LogP contribution in [0.4, 0.5) is 0 Å². The summed E-state index contributed by atoms with van der Waals surface area (Å²) in [6, 6.07) is 18.5. The minimum Gasteiger partial charge on any atom is -0.345 e. The van der Waals surface area contributed by atoms with Crippen molar-refractivity contribution in [3.63, 3.8) is 0 Å². The van der Waals surface area contributed by atoms with Crippen molar-refractivity contribution in [3.8, 4) is 6.07 Å². The van der Waals surface area contributed by atoms with E-state index >= 15 is 0 Å². The van der Waals surface area contributed by atoms with Gasteiger partial charge in [-0.2, -0.15) is 5.26 Å². The molecule has 170 valence electrons. The molecule has 1 aliphatic heterocycles. The van der Waals surface area contributed by atoms with Gasteiger partial charge in [-0.05, 0) is 61.1 Å². The lowest BCUT2D eigenvalue weighted by Gasteiger charge is -2.40. The van der Waals surface area contributed by atoms with Crippen LogP contribution in [-0.2, 0) is 20.0 Å². The minimum atomic E-state index is -0.138. The van der Waals surface area contributed by atoms with Crippen molar-refractivity contribution in [2.24, 2.45) is 7.05 Å². The Morgan fingerprint density at radius 2 is 1.91 bits per heavy atom. The summed E-state index contributed by atoms with van der Waals surface area (Å²) in [6.45, 7) is 2.88. The maximum absolute atomic E-state index is 13.4. The van der Waals surface area contributed by atoms with Crippen molar-refractivity contribution < 1.29 is 4.79 Å². The second-order valence-corrected chi connectivity index (χ2v) is 9.81. The van der Waals surface area contributed by atoms with E-state index in [-0.39, 0.29) is 11.4 Å². The van der Waals surface area contributed by atoms with Gasteiger partial charge in [0.1, 0.15) is 5.69 Å². The second-order valence-electron chi connectivity index (χ2n) is 9.81. The second kappa shape index (κ2) is 9.03. The van der Waals surface area contributed by atoms with Gasteiger partial charge in [0, 0.05) is 43.1 Å². The number of hydrogen-bond acceptors (Lipinski definition) is 3. The molecule has 1 saturated carbocycles. The van der Waals surface area contributed by atoms with Gasteiger partial charge in [-0.3, -0.25) is 9.69 Å². The number of nitriles is 1. The average Bonchev–Trinajstić information content (AvgIpc) is 3.19. The van der Waals surface area contributed by atoms with E-state index in [0.29, 0.717) is 0 Å². The van der Waals surface area contributed by atoms with E-state index in [1.807, 2.05) is 41.9 Å². The zero-order chi connectivity index (χ0) is 22.8. The maximum atomic E-state index is 13.4. The van der Waals surface area contributed by atoms with Crippen molar-refractivity contribution >= 4 is 16.8 Å². The summed E-state index contributed by atoms with van der Waals surface area (Å²) in [5.41, 5.74) is 5.06. The lowest BCUT2D eigenvalue weighted by Crippen LogP contribution is -2.52. The molecule has 2 aromatic carbocycles. The first-order valence-electron chi connectivity index (χ1n) is 12.2. The first-order chi connectivity index (χ1) is 16.1. The Morgan fingerprint density at radius 1 is 1.09 bits per heavy atom. The van der Waals surface area contributed by atoms with E-state index < -0.39 is 0 Å². The van der Waals surface area contributed by atoms with Crippen molar-refractivity contribution in [1.82, 2.24) is 14.8 Å². The molecule has 0 spiro atoms. The topological polar surface area (TPSA) is 61.1 Å². The molecule has 0 unspecified atom stereocenters. The fourth-order valence-electron chi connectivity index (χ4n) is 5.73. The third-order valence-corrected chi connectivity index (χ3v) is 7.71. The number of para-hydroxylation sites is 1. The molecular formula is C28H32N4O. The molecule has 5 heteroatoms. The number of rotatable bonds is 5. The van der Waals surface area contributed by atoms with Crippen LogP contribution in [0, 0.1) is 11.3 Å². The molecule has 33 heavy (non-hydrogen) atoms. The Kier molecular flexibility index (Phi) is 5.95. The zero-order valence-electron chi connectivity index (χ0n) is 19.4. The molecule has 0 radical (unpaired) electrons. The van der Waals surface area contributed by atoms with Gasteiger partial charge < -0.3 is 9.88 Å². The third kappa shape index (κ3) is 4.41. The fraction of sp³-hybridized carbons (Fsp3) is 0.429. The summed E-state index contributed by atoms with van der Waals surface area (Å²) in [4.78, 5) is 15.9. The number of amides is 1. The van der Waals surface area contributed by atoms with Crippen LogP contribution in [0.15, 0.2) is 48.5 Å². The van der Waals surface area contributed by atoms with Crippen LogP contribution < -0.4 is 5.32 Å². The van der Waals surface area contributed by atoms with E-state index in [1.165, 1.54) is 30.4 Å². The Morgan fingerprint density at radius 3 is 2.70 bits per heavy atom. The number of nitrogens with zero attached hydrogens (tertiary/aromatic N) is 3. The van der Waals surface area contributed by atoms with Crippen LogP contribution in [0.5, 0.6) is 0 Å². The van der Waals surface area contributed by atoms with Crippen LogP contribution in [0.1, 0.15) is 65.7 Å². The highest BCUT2D eigenvalue weighted by Crippen LogP contribution is 2.33. The summed E-state index contributed by atoms with van der Waals surface area (Å²) in [5.74, 6) is 0.0400. The number of carbonyl (C=O) groups excluding carboxylic acids is 1. The van der Waals surface area contributed by atoms with Crippen LogP contribution in [-0.4, -0.2) is 34.0 Å². The molecular weight excluding hydrogens is 408 g/mol. The summed E-state index contributed by atoms with van der Waals surface area (Å²) < 4.78 is 2.01. The van der Waals surface area contributed by atoms with Crippen molar-refractivity contribution in [2.45, 2.75) is 57.0 Å². The van der Waals surface area contributed by atoms with E-state index in [2.05, 4.69) is 34.5 Å². The van der Waals surface area contributed by atoms with Crippen LogP contribution >= 0.6 is 0 Å². The normalized spacial score (nSPS) is 17.9. The standard InChI is InChI=1S/C28H32N4O/c1-31-25-8-4-3-7-23(25)18-26(31)27(33)30-28(12-5-2-6-13-28)14-16-32-15-11-22-10-9-21(19-29)17-24(22)20-32/h3-4,7-10,17-18H,2,5-6,11-16,20H2,1H3,(H,30,33). The van der Waals surface area contributed by atoms with Crippen molar-refractivity contribution in [1.29, 1.82) is 5.26 Å². The highest BCUT2D eigenvalue weighted by atomic mass is 16.2. The lowest BCUT2D eigenvalue weighted by molar-refractivity contribution is 0.0832. The molecule has 1 N–H and O–H groups in total. The first kappa shape index (κ1) is 21.7. The summed E-state index contributed by atoms with van der Waals surface area (Å²) >= 11 is 0. The van der Waals surface area contributed by atoms with Gasteiger partial charge in [-0.15, -0.1) is 0 Å². The van der Waals surface area contributed by atoms with Gasteiger partial charge in [-0.25, -0.2) is 0 Å². The Balaban J connectivity index is 1.30. The highest BCUT2D eigenvalue weighted by molar-refractivity contribution is 5.99. The highest BCUT2D eigenvalue weighted by Gasteiger charge is 2.35.